The van der Waals surface area contributed by atoms with Crippen LogP contribution in [0.4, 0.5) is 4.79 Å². The zero-order valence-electron chi connectivity index (χ0n) is 12.2. The van der Waals surface area contributed by atoms with E-state index in [1.54, 1.807) is 4.90 Å². The molecule has 2 atom stereocenters. The molecule has 110 valence electrons. The molecule has 5 heteroatoms. The van der Waals surface area contributed by atoms with Gasteiger partial charge in [0.05, 0.1) is 6.10 Å². The maximum atomic E-state index is 11.8. The molecule has 2 aliphatic rings. The topological polar surface area (TPSA) is 61.8 Å². The van der Waals surface area contributed by atoms with Crippen LogP contribution < -0.4 is 5.32 Å². The highest BCUT2D eigenvalue weighted by atomic mass is 16.6. The van der Waals surface area contributed by atoms with Gasteiger partial charge in [0.1, 0.15) is 5.60 Å². The summed E-state index contributed by atoms with van der Waals surface area (Å²) in [5, 5.41) is 13.4. The summed E-state index contributed by atoms with van der Waals surface area (Å²) in [6.45, 7) is 6.98. The fraction of sp³-hybridized carbons (Fsp3) is 0.929. The number of rotatable bonds is 2. The van der Waals surface area contributed by atoms with Gasteiger partial charge in [-0.3, -0.25) is 0 Å². The molecular weight excluding hydrogens is 244 g/mol. The SMILES string of the molecule is CC(C)(C)OC(=O)N1CC(N[C@H]2CCCC[C@@H]2O)C1. The molecule has 2 fully saturated rings. The summed E-state index contributed by atoms with van der Waals surface area (Å²) < 4.78 is 5.31. The van der Waals surface area contributed by atoms with Crippen molar-refractivity contribution in [3.8, 4) is 0 Å². The van der Waals surface area contributed by atoms with Crippen LogP contribution in [0.1, 0.15) is 46.5 Å². The lowest BCUT2D eigenvalue weighted by Crippen LogP contribution is -2.63. The van der Waals surface area contributed by atoms with Gasteiger partial charge in [0, 0.05) is 25.2 Å². The first-order valence-corrected chi connectivity index (χ1v) is 7.27. The number of carbonyl (C=O) groups excluding carboxylic acids is 1. The van der Waals surface area contributed by atoms with E-state index in [-0.39, 0.29) is 18.2 Å². The number of aliphatic hydroxyl groups excluding tert-OH is 1. The number of ether oxygens (including phenoxy) is 1. The number of carbonyl (C=O) groups is 1. The molecule has 1 saturated carbocycles. The fourth-order valence-corrected chi connectivity index (χ4v) is 2.67. The maximum Gasteiger partial charge on any atom is 0.410 e. The molecule has 1 amide bonds. The zero-order chi connectivity index (χ0) is 14.0. The lowest BCUT2D eigenvalue weighted by Gasteiger charge is -2.43. The van der Waals surface area contributed by atoms with Gasteiger partial charge in [0.25, 0.3) is 0 Å². The normalized spacial score (nSPS) is 28.9. The van der Waals surface area contributed by atoms with Crippen molar-refractivity contribution in [1.29, 1.82) is 0 Å². The molecule has 0 bridgehead atoms. The Hall–Kier alpha value is -0.810. The number of nitrogens with one attached hydrogen (secondary N) is 1. The Morgan fingerprint density at radius 2 is 1.89 bits per heavy atom. The van der Waals surface area contributed by atoms with E-state index < -0.39 is 5.60 Å². The van der Waals surface area contributed by atoms with Crippen molar-refractivity contribution in [1.82, 2.24) is 10.2 Å². The van der Waals surface area contributed by atoms with Crippen LogP contribution in [0.2, 0.25) is 0 Å². The van der Waals surface area contributed by atoms with Crippen molar-refractivity contribution in [2.24, 2.45) is 0 Å². The van der Waals surface area contributed by atoms with Crippen molar-refractivity contribution >= 4 is 6.09 Å². The second-order valence-corrected chi connectivity index (χ2v) is 6.71. The molecule has 1 saturated heterocycles. The van der Waals surface area contributed by atoms with Crippen LogP contribution in [0.3, 0.4) is 0 Å². The molecule has 0 unspecified atom stereocenters. The van der Waals surface area contributed by atoms with Gasteiger partial charge in [-0.1, -0.05) is 12.8 Å². The Kier molecular flexibility index (Phi) is 4.36. The minimum atomic E-state index is -0.435. The van der Waals surface area contributed by atoms with Gasteiger partial charge in [-0.05, 0) is 33.6 Å². The van der Waals surface area contributed by atoms with E-state index in [2.05, 4.69) is 5.32 Å². The quantitative estimate of drug-likeness (QED) is 0.798. The first-order chi connectivity index (χ1) is 8.85. The van der Waals surface area contributed by atoms with Crippen LogP contribution in [0.25, 0.3) is 0 Å². The molecule has 0 aromatic rings. The monoisotopic (exact) mass is 270 g/mol. The zero-order valence-corrected chi connectivity index (χ0v) is 12.2. The van der Waals surface area contributed by atoms with Crippen molar-refractivity contribution < 1.29 is 14.6 Å². The standard InChI is InChI=1S/C14H26N2O3/c1-14(2,3)19-13(18)16-8-10(9-16)15-11-6-4-5-7-12(11)17/h10-12,15,17H,4-9H2,1-3H3/t11-,12-/m0/s1. The Bertz CT molecular complexity index is 321. The summed E-state index contributed by atoms with van der Waals surface area (Å²) in [5.74, 6) is 0. The first kappa shape index (κ1) is 14.6. The van der Waals surface area contributed by atoms with Gasteiger partial charge in [-0.15, -0.1) is 0 Å². The molecular formula is C14H26N2O3. The summed E-state index contributed by atoms with van der Waals surface area (Å²) in [4.78, 5) is 13.5. The minimum absolute atomic E-state index is 0.194. The number of nitrogens with zero attached hydrogens (tertiary/aromatic N) is 1. The van der Waals surface area contributed by atoms with Crippen LogP contribution in [-0.2, 0) is 4.74 Å². The molecule has 0 aromatic carbocycles. The van der Waals surface area contributed by atoms with E-state index >= 15 is 0 Å². The van der Waals surface area contributed by atoms with Gasteiger partial charge < -0.3 is 20.1 Å². The second kappa shape index (κ2) is 5.67. The van der Waals surface area contributed by atoms with Crippen molar-refractivity contribution in [3.63, 3.8) is 0 Å². The number of hydrogen-bond acceptors (Lipinski definition) is 4. The van der Waals surface area contributed by atoms with E-state index in [0.717, 1.165) is 19.3 Å². The third-order valence-electron chi connectivity index (χ3n) is 3.71. The Labute approximate surface area is 115 Å². The smallest absolute Gasteiger partial charge is 0.410 e. The predicted molar refractivity (Wildman–Crippen MR) is 73.0 cm³/mol. The third kappa shape index (κ3) is 4.08. The maximum absolute atomic E-state index is 11.8. The van der Waals surface area contributed by atoms with Gasteiger partial charge in [0.15, 0.2) is 0 Å². The first-order valence-electron chi connectivity index (χ1n) is 7.27. The fourth-order valence-electron chi connectivity index (χ4n) is 2.67. The highest BCUT2D eigenvalue weighted by molar-refractivity contribution is 5.69. The number of amides is 1. The van der Waals surface area contributed by atoms with Crippen molar-refractivity contribution in [2.75, 3.05) is 13.1 Å². The van der Waals surface area contributed by atoms with E-state index in [4.69, 9.17) is 4.74 Å². The van der Waals surface area contributed by atoms with Gasteiger partial charge in [0.2, 0.25) is 0 Å². The second-order valence-electron chi connectivity index (χ2n) is 6.71. The van der Waals surface area contributed by atoms with Gasteiger partial charge >= 0.3 is 6.09 Å². The summed E-state index contributed by atoms with van der Waals surface area (Å²) >= 11 is 0. The van der Waals surface area contributed by atoms with E-state index in [0.29, 0.717) is 19.1 Å². The molecule has 19 heavy (non-hydrogen) atoms. The molecule has 0 radical (unpaired) electrons. The lowest BCUT2D eigenvalue weighted by molar-refractivity contribution is -0.000679. The molecule has 0 spiro atoms. The lowest BCUT2D eigenvalue weighted by atomic mass is 9.91. The summed E-state index contributed by atoms with van der Waals surface area (Å²) in [5.41, 5.74) is -0.435. The van der Waals surface area contributed by atoms with Crippen LogP contribution >= 0.6 is 0 Å². The van der Waals surface area contributed by atoms with Crippen LogP contribution in [0.5, 0.6) is 0 Å². The number of likely N-dealkylation sites (tertiary alicyclic amines) is 1. The van der Waals surface area contributed by atoms with E-state index in [1.807, 2.05) is 20.8 Å². The molecule has 2 N–H and O–H groups in total. The van der Waals surface area contributed by atoms with Crippen molar-refractivity contribution in [2.45, 2.75) is 70.2 Å². The van der Waals surface area contributed by atoms with Gasteiger partial charge in [-0.25, -0.2) is 4.79 Å². The predicted octanol–water partition coefficient (Wildman–Crippen LogP) is 1.50. The van der Waals surface area contributed by atoms with E-state index in [1.165, 1.54) is 6.42 Å². The summed E-state index contributed by atoms with van der Waals surface area (Å²) in [7, 11) is 0. The van der Waals surface area contributed by atoms with Crippen LogP contribution in [0, 0.1) is 0 Å². The molecule has 1 heterocycles. The molecule has 5 nitrogen and oxygen atoms in total. The molecule has 2 rings (SSSR count). The van der Waals surface area contributed by atoms with E-state index in [9.17, 15) is 9.90 Å². The number of aliphatic hydroxyl groups is 1. The molecule has 1 aliphatic carbocycles. The Morgan fingerprint density at radius 3 is 2.47 bits per heavy atom. The molecule has 1 aliphatic heterocycles. The summed E-state index contributed by atoms with van der Waals surface area (Å²) in [6, 6.07) is 0.491. The average Bonchev–Trinajstić information content (AvgIpc) is 2.22. The van der Waals surface area contributed by atoms with Gasteiger partial charge in [-0.2, -0.15) is 0 Å². The van der Waals surface area contributed by atoms with Crippen LogP contribution in [0.15, 0.2) is 0 Å². The Morgan fingerprint density at radius 1 is 1.26 bits per heavy atom. The van der Waals surface area contributed by atoms with Crippen molar-refractivity contribution in [3.05, 3.63) is 0 Å². The average molecular weight is 270 g/mol. The molecule has 0 aromatic heterocycles. The summed E-state index contributed by atoms with van der Waals surface area (Å²) in [6.07, 6.45) is 3.74. The van der Waals surface area contributed by atoms with Crippen LogP contribution in [-0.4, -0.2) is 53.0 Å². The largest absolute Gasteiger partial charge is 0.444 e. The number of hydrogen-bond donors (Lipinski definition) is 2. The third-order valence-corrected chi connectivity index (χ3v) is 3.71. The highest BCUT2D eigenvalue weighted by Gasteiger charge is 2.36. The Balaban J connectivity index is 1.70. The minimum Gasteiger partial charge on any atom is -0.444 e. The highest BCUT2D eigenvalue weighted by Crippen LogP contribution is 2.21.